The van der Waals surface area contributed by atoms with Crippen LogP contribution in [0, 0.1) is 23.2 Å². The number of hydrogen-bond donors (Lipinski definition) is 0. The molecule has 4 nitrogen and oxygen atoms in total. The number of nitriles is 1. The summed E-state index contributed by atoms with van der Waals surface area (Å²) in [6.07, 6.45) is 4.88. The average molecular weight is 249 g/mol. The van der Waals surface area contributed by atoms with Crippen LogP contribution in [0.15, 0.2) is 0 Å². The Labute approximate surface area is 110 Å². The summed E-state index contributed by atoms with van der Waals surface area (Å²) in [5, 5.41) is 8.77. The normalized spacial score (nSPS) is 23.9. The number of likely N-dealkylation sites (tertiary alicyclic amines) is 2. The van der Waals surface area contributed by atoms with Crippen LogP contribution in [0.1, 0.15) is 32.6 Å². The molecule has 0 aliphatic carbocycles. The Morgan fingerprint density at radius 3 is 2.44 bits per heavy atom. The molecule has 2 fully saturated rings. The third kappa shape index (κ3) is 3.23. The molecule has 0 aromatic carbocycles. The second-order valence-electron chi connectivity index (χ2n) is 5.63. The molecule has 2 heterocycles. The van der Waals surface area contributed by atoms with E-state index in [1.165, 1.54) is 32.5 Å². The second kappa shape index (κ2) is 6.19. The van der Waals surface area contributed by atoms with Gasteiger partial charge in [-0.2, -0.15) is 5.26 Å². The quantitative estimate of drug-likeness (QED) is 0.761. The van der Waals surface area contributed by atoms with Crippen molar-refractivity contribution in [2.75, 3.05) is 32.7 Å². The molecule has 0 spiro atoms. The van der Waals surface area contributed by atoms with Crippen LogP contribution in [0.4, 0.5) is 0 Å². The van der Waals surface area contributed by atoms with Crippen molar-refractivity contribution in [3.05, 3.63) is 0 Å². The zero-order valence-corrected chi connectivity index (χ0v) is 11.3. The number of nitrogens with zero attached hydrogens (tertiary/aromatic N) is 3. The first-order chi connectivity index (χ1) is 8.70. The van der Waals surface area contributed by atoms with Gasteiger partial charge in [-0.05, 0) is 51.6 Å². The third-order valence-corrected chi connectivity index (χ3v) is 4.21. The van der Waals surface area contributed by atoms with E-state index in [0.29, 0.717) is 0 Å². The first-order valence-corrected chi connectivity index (χ1v) is 7.11. The van der Waals surface area contributed by atoms with Crippen LogP contribution >= 0.6 is 0 Å². The van der Waals surface area contributed by atoms with Crippen molar-refractivity contribution in [2.24, 2.45) is 11.8 Å². The Hall–Kier alpha value is -1.08. The summed E-state index contributed by atoms with van der Waals surface area (Å²) in [6, 6.07) is 2.03. The summed E-state index contributed by atoms with van der Waals surface area (Å²) < 4.78 is 0. The van der Waals surface area contributed by atoms with Gasteiger partial charge in [0.25, 0.3) is 0 Å². The monoisotopic (exact) mass is 249 g/mol. The molecule has 18 heavy (non-hydrogen) atoms. The molecule has 0 radical (unpaired) electrons. The van der Waals surface area contributed by atoms with E-state index in [4.69, 9.17) is 5.26 Å². The molecule has 0 N–H and O–H groups in total. The van der Waals surface area contributed by atoms with Gasteiger partial charge in [-0.3, -0.25) is 4.79 Å². The van der Waals surface area contributed by atoms with Crippen molar-refractivity contribution in [3.63, 3.8) is 0 Å². The van der Waals surface area contributed by atoms with Crippen LogP contribution in [0.2, 0.25) is 0 Å². The highest BCUT2D eigenvalue weighted by molar-refractivity contribution is 5.80. The zero-order chi connectivity index (χ0) is 13.0. The van der Waals surface area contributed by atoms with E-state index in [2.05, 4.69) is 4.90 Å². The SMILES string of the molecule is CC(C#N)C(=O)N1CCC(CN2CCCC2)CC1. The lowest BCUT2D eigenvalue weighted by molar-refractivity contribution is -0.134. The number of rotatable bonds is 3. The van der Waals surface area contributed by atoms with Crippen molar-refractivity contribution in [3.8, 4) is 6.07 Å². The van der Waals surface area contributed by atoms with Crippen molar-refractivity contribution in [2.45, 2.75) is 32.6 Å². The molecule has 0 bridgehead atoms. The Bertz CT molecular complexity index is 322. The van der Waals surface area contributed by atoms with Crippen LogP contribution in [0.25, 0.3) is 0 Å². The van der Waals surface area contributed by atoms with Gasteiger partial charge in [-0.15, -0.1) is 0 Å². The Kier molecular flexibility index (Phi) is 4.60. The Morgan fingerprint density at radius 2 is 1.89 bits per heavy atom. The summed E-state index contributed by atoms with van der Waals surface area (Å²) in [5.74, 6) is 0.266. The third-order valence-electron chi connectivity index (χ3n) is 4.21. The summed E-state index contributed by atoms with van der Waals surface area (Å²) in [6.45, 7) is 7.08. The molecular formula is C14H23N3O. The van der Waals surface area contributed by atoms with Gasteiger partial charge >= 0.3 is 0 Å². The van der Waals surface area contributed by atoms with Crippen molar-refractivity contribution < 1.29 is 4.79 Å². The van der Waals surface area contributed by atoms with Gasteiger partial charge in [0.1, 0.15) is 5.92 Å². The van der Waals surface area contributed by atoms with E-state index in [-0.39, 0.29) is 5.91 Å². The highest BCUT2D eigenvalue weighted by Crippen LogP contribution is 2.21. The van der Waals surface area contributed by atoms with Gasteiger partial charge in [0.15, 0.2) is 0 Å². The maximum Gasteiger partial charge on any atom is 0.239 e. The molecule has 1 amide bonds. The molecule has 0 aromatic heterocycles. The number of hydrogen-bond acceptors (Lipinski definition) is 3. The Morgan fingerprint density at radius 1 is 1.28 bits per heavy atom. The lowest BCUT2D eigenvalue weighted by Crippen LogP contribution is -2.43. The number of piperidine rings is 1. The predicted octanol–water partition coefficient (Wildman–Crippen LogP) is 1.48. The van der Waals surface area contributed by atoms with Crippen LogP contribution in [-0.2, 0) is 4.79 Å². The largest absolute Gasteiger partial charge is 0.342 e. The molecular weight excluding hydrogens is 226 g/mol. The summed E-state index contributed by atoms with van der Waals surface area (Å²) in [5.41, 5.74) is 0. The minimum absolute atomic E-state index is 0.0112. The maximum absolute atomic E-state index is 11.9. The lowest BCUT2D eigenvalue weighted by atomic mass is 9.95. The minimum Gasteiger partial charge on any atom is -0.342 e. The number of amides is 1. The Balaban J connectivity index is 1.74. The number of carbonyl (C=O) groups is 1. The summed E-state index contributed by atoms with van der Waals surface area (Å²) in [7, 11) is 0. The molecule has 4 heteroatoms. The van der Waals surface area contributed by atoms with Gasteiger partial charge in [0.2, 0.25) is 5.91 Å². The zero-order valence-electron chi connectivity index (χ0n) is 11.3. The van der Waals surface area contributed by atoms with Crippen LogP contribution < -0.4 is 0 Å². The van der Waals surface area contributed by atoms with Crippen molar-refractivity contribution in [1.82, 2.24) is 9.80 Å². The fourth-order valence-corrected chi connectivity index (χ4v) is 3.00. The number of carbonyl (C=O) groups excluding carboxylic acids is 1. The smallest absolute Gasteiger partial charge is 0.239 e. The van der Waals surface area contributed by atoms with Gasteiger partial charge in [-0.25, -0.2) is 0 Å². The first kappa shape index (κ1) is 13.4. The van der Waals surface area contributed by atoms with Crippen LogP contribution in [-0.4, -0.2) is 48.4 Å². The molecule has 2 saturated heterocycles. The molecule has 100 valence electrons. The van der Waals surface area contributed by atoms with Gasteiger partial charge < -0.3 is 9.80 Å². The van der Waals surface area contributed by atoms with E-state index >= 15 is 0 Å². The topological polar surface area (TPSA) is 47.3 Å². The van der Waals surface area contributed by atoms with Crippen LogP contribution in [0.5, 0.6) is 0 Å². The molecule has 2 aliphatic rings. The summed E-state index contributed by atoms with van der Waals surface area (Å²) in [4.78, 5) is 16.3. The standard InChI is InChI=1S/C14H23N3O/c1-12(10-15)14(18)17-8-4-13(5-9-17)11-16-6-2-3-7-16/h12-13H,2-9,11H2,1H3. The van der Waals surface area contributed by atoms with Gasteiger partial charge in [-0.1, -0.05) is 0 Å². The molecule has 1 unspecified atom stereocenters. The van der Waals surface area contributed by atoms with E-state index in [1.54, 1.807) is 6.92 Å². The van der Waals surface area contributed by atoms with Crippen molar-refractivity contribution >= 4 is 5.91 Å². The minimum atomic E-state index is -0.486. The fourth-order valence-electron chi connectivity index (χ4n) is 3.00. The van der Waals surface area contributed by atoms with E-state index in [9.17, 15) is 4.79 Å². The maximum atomic E-state index is 11.9. The molecule has 0 saturated carbocycles. The molecule has 2 rings (SSSR count). The average Bonchev–Trinajstić information content (AvgIpc) is 2.91. The second-order valence-corrected chi connectivity index (χ2v) is 5.63. The fraction of sp³-hybridized carbons (Fsp3) is 0.857. The summed E-state index contributed by atoms with van der Waals surface area (Å²) >= 11 is 0. The van der Waals surface area contributed by atoms with Crippen LogP contribution in [0.3, 0.4) is 0 Å². The van der Waals surface area contributed by atoms with E-state index in [0.717, 1.165) is 31.8 Å². The van der Waals surface area contributed by atoms with E-state index < -0.39 is 5.92 Å². The molecule has 1 atom stereocenters. The van der Waals surface area contributed by atoms with Crippen molar-refractivity contribution in [1.29, 1.82) is 5.26 Å². The first-order valence-electron chi connectivity index (χ1n) is 7.11. The molecule has 2 aliphatic heterocycles. The highest BCUT2D eigenvalue weighted by Gasteiger charge is 2.27. The lowest BCUT2D eigenvalue weighted by Gasteiger charge is -2.34. The predicted molar refractivity (Wildman–Crippen MR) is 69.8 cm³/mol. The highest BCUT2D eigenvalue weighted by atomic mass is 16.2. The molecule has 0 aromatic rings. The van der Waals surface area contributed by atoms with Gasteiger partial charge in [0.05, 0.1) is 6.07 Å². The van der Waals surface area contributed by atoms with Gasteiger partial charge in [0, 0.05) is 19.6 Å². The van der Waals surface area contributed by atoms with E-state index in [1.807, 2.05) is 11.0 Å².